The molecule has 0 radical (unpaired) electrons. The molecule has 0 saturated carbocycles. The quantitative estimate of drug-likeness (QED) is 0.312. The molecule has 10 nitrogen and oxygen atoms in total. The zero-order chi connectivity index (χ0) is 35.1. The van der Waals surface area contributed by atoms with E-state index in [0.717, 1.165) is 5.52 Å². The molecule has 2 atom stereocenters. The molecule has 3 saturated heterocycles. The van der Waals surface area contributed by atoms with Crippen molar-refractivity contribution >= 4 is 40.4 Å². The molecule has 0 aliphatic carbocycles. The summed E-state index contributed by atoms with van der Waals surface area (Å²) in [6.07, 6.45) is -0.831. The fourth-order valence-electron chi connectivity index (χ4n) is 7.08. The summed E-state index contributed by atoms with van der Waals surface area (Å²) >= 11 is 1.34. The highest BCUT2D eigenvalue weighted by Gasteiger charge is 2.44. The summed E-state index contributed by atoms with van der Waals surface area (Å²) in [5.74, 6) is -0.808. The minimum atomic E-state index is -4.31. The number of halogens is 4. The summed E-state index contributed by atoms with van der Waals surface area (Å²) in [6.45, 7) is 7.24. The van der Waals surface area contributed by atoms with Crippen molar-refractivity contribution in [1.82, 2.24) is 29.2 Å². The Morgan fingerprint density at radius 3 is 2.41 bits per heavy atom. The number of imidazole rings is 1. The summed E-state index contributed by atoms with van der Waals surface area (Å²) in [5, 5.41) is -1.23. The smallest absolute Gasteiger partial charge is 0.366 e. The van der Waals surface area contributed by atoms with E-state index in [1.807, 2.05) is 6.07 Å². The second kappa shape index (κ2) is 14.0. The maximum atomic E-state index is 15.6. The van der Waals surface area contributed by atoms with Crippen molar-refractivity contribution in [1.29, 1.82) is 0 Å². The molecule has 5 heterocycles. The van der Waals surface area contributed by atoms with Gasteiger partial charge in [0, 0.05) is 71.5 Å². The maximum absolute atomic E-state index is 15.6. The van der Waals surface area contributed by atoms with Crippen molar-refractivity contribution < 1.29 is 28.6 Å². The number of hydrogen-bond acceptors (Lipinski definition) is 7. The summed E-state index contributed by atoms with van der Waals surface area (Å²) in [7, 11) is 0. The van der Waals surface area contributed by atoms with Gasteiger partial charge in [0.25, 0.3) is 0 Å². The number of nitrogens with zero attached hydrogens (tertiary/aromatic N) is 6. The van der Waals surface area contributed by atoms with Crippen LogP contribution in [0.3, 0.4) is 0 Å². The van der Waals surface area contributed by atoms with Crippen LogP contribution in [0.4, 0.5) is 23.2 Å². The Morgan fingerprint density at radius 2 is 1.73 bits per heavy atom. The number of piperazine rings is 1. The summed E-state index contributed by atoms with van der Waals surface area (Å²) in [4.78, 5) is 54.0. The number of aromatic nitrogens is 3. The van der Waals surface area contributed by atoms with Crippen molar-refractivity contribution in [2.24, 2.45) is 5.41 Å². The summed E-state index contributed by atoms with van der Waals surface area (Å²) < 4.78 is 56.4. The van der Waals surface area contributed by atoms with Crippen molar-refractivity contribution in [3.63, 3.8) is 0 Å². The molecular formula is C34H45F4N7O3S. The number of likely N-dealkylation sites (tertiary alicyclic amines) is 1. The fourth-order valence-corrected chi connectivity index (χ4v) is 8.57. The van der Waals surface area contributed by atoms with Crippen LogP contribution in [0.15, 0.2) is 41.3 Å². The third-order valence-corrected chi connectivity index (χ3v) is 11.1. The number of nitrogens with one attached hydrogen (secondary N) is 1. The number of piperidine rings is 1. The lowest BCUT2D eigenvalue weighted by atomic mass is 9.92. The van der Waals surface area contributed by atoms with E-state index in [1.165, 1.54) is 22.7 Å². The molecule has 268 valence electrons. The van der Waals surface area contributed by atoms with E-state index in [2.05, 4.69) is 30.7 Å². The highest BCUT2D eigenvalue weighted by molar-refractivity contribution is 8.01. The van der Waals surface area contributed by atoms with Crippen LogP contribution in [0.2, 0.25) is 0 Å². The number of benzene rings is 1. The van der Waals surface area contributed by atoms with Gasteiger partial charge in [-0.2, -0.15) is 13.2 Å². The number of anilines is 1. The second-order valence-electron chi connectivity index (χ2n) is 14.4. The number of pyridine rings is 1. The van der Waals surface area contributed by atoms with E-state index in [-0.39, 0.29) is 63.0 Å². The predicted molar refractivity (Wildman–Crippen MR) is 183 cm³/mol. The lowest BCUT2D eigenvalue weighted by Gasteiger charge is -2.38. The number of hydrogen-bond donors (Lipinski definition) is 1. The van der Waals surface area contributed by atoms with E-state index in [0.29, 0.717) is 55.8 Å². The van der Waals surface area contributed by atoms with Gasteiger partial charge < -0.3 is 14.7 Å². The number of aromatic amines is 1. The second-order valence-corrected chi connectivity index (χ2v) is 15.7. The molecule has 49 heavy (non-hydrogen) atoms. The van der Waals surface area contributed by atoms with Crippen molar-refractivity contribution in [3.8, 4) is 0 Å². The lowest BCUT2D eigenvalue weighted by Crippen LogP contribution is -2.49. The zero-order valence-electron chi connectivity index (χ0n) is 28.0. The Balaban J connectivity index is 0.00000486. The van der Waals surface area contributed by atoms with Gasteiger partial charge in [0.1, 0.15) is 11.2 Å². The Bertz CT molecular complexity index is 1730. The van der Waals surface area contributed by atoms with Crippen LogP contribution in [0.25, 0.3) is 11.2 Å². The van der Waals surface area contributed by atoms with Gasteiger partial charge in [-0.1, -0.05) is 32.9 Å². The molecule has 3 aliphatic rings. The first-order valence-corrected chi connectivity index (χ1v) is 17.7. The van der Waals surface area contributed by atoms with Gasteiger partial charge in [-0.3, -0.25) is 24.0 Å². The van der Waals surface area contributed by atoms with Crippen LogP contribution in [0.5, 0.6) is 0 Å². The van der Waals surface area contributed by atoms with Gasteiger partial charge in [-0.25, -0.2) is 14.2 Å². The summed E-state index contributed by atoms with van der Waals surface area (Å²) in [5.41, 5.74) is 1.83. The third kappa shape index (κ3) is 7.92. The Hall–Kier alpha value is -3.59. The first-order valence-electron chi connectivity index (χ1n) is 16.8. The van der Waals surface area contributed by atoms with E-state index in [1.54, 1.807) is 43.7 Å². The zero-order valence-corrected chi connectivity index (χ0v) is 28.8. The Kier molecular flexibility index (Phi) is 10.0. The SMILES string of the molecule is CC(C)(C)CCN1C(=O)C(CC(=O)N2CCC(n3c(=O)[nH]c4ncccc43)CC2)SC1c1cccc(F)c1N1CCN(CC(F)(F)F)CC1.[HH]. The highest BCUT2D eigenvalue weighted by atomic mass is 32.2. The molecule has 0 spiro atoms. The minimum Gasteiger partial charge on any atom is -0.366 e. The van der Waals surface area contributed by atoms with Crippen LogP contribution in [0.1, 0.15) is 64.9 Å². The largest absolute Gasteiger partial charge is 0.401 e. The number of rotatable bonds is 8. The van der Waals surface area contributed by atoms with Crippen LogP contribution < -0.4 is 10.6 Å². The molecular weight excluding hydrogens is 662 g/mol. The third-order valence-electron chi connectivity index (χ3n) is 9.65. The molecule has 2 aromatic heterocycles. The first-order chi connectivity index (χ1) is 23.2. The van der Waals surface area contributed by atoms with E-state index in [4.69, 9.17) is 0 Å². The number of carbonyl (C=O) groups is 2. The van der Waals surface area contributed by atoms with Crippen LogP contribution in [0, 0.1) is 11.2 Å². The summed E-state index contributed by atoms with van der Waals surface area (Å²) in [6, 6.07) is 8.26. The van der Waals surface area contributed by atoms with Gasteiger partial charge in [0.2, 0.25) is 11.8 Å². The minimum absolute atomic E-state index is 0. The molecule has 2 unspecified atom stereocenters. The number of carbonyl (C=O) groups excluding carboxylic acids is 2. The normalized spacial score (nSPS) is 21.7. The van der Waals surface area contributed by atoms with E-state index in [9.17, 15) is 27.6 Å². The van der Waals surface area contributed by atoms with Gasteiger partial charge >= 0.3 is 11.9 Å². The van der Waals surface area contributed by atoms with E-state index < -0.39 is 29.2 Å². The molecule has 1 aromatic carbocycles. The molecule has 1 N–H and O–H groups in total. The predicted octanol–water partition coefficient (Wildman–Crippen LogP) is 5.43. The molecule has 2 amide bonds. The fraction of sp³-hybridized carbons (Fsp3) is 0.588. The van der Waals surface area contributed by atoms with Gasteiger partial charge in [-0.15, -0.1) is 11.8 Å². The number of alkyl halides is 3. The van der Waals surface area contributed by atoms with Gasteiger partial charge in [-0.05, 0) is 42.9 Å². The standard InChI is InChI=1S/C34H43F4N7O3S.H2/c1-33(2,3)11-15-44-30(47)26(20-27(46)42-13-9-22(10-14-42)45-25-8-5-12-39-29(25)40-32(45)48)49-31(44)23-6-4-7-24(35)28(23)43-18-16-41(17-19-43)21-34(36,37)38;/h4-8,12,22,26,31H,9-11,13-21H2,1-3H3,(H,39,40,48);1H. The molecule has 0 bridgehead atoms. The molecule has 6 rings (SSSR count). The van der Waals surface area contributed by atoms with Crippen LogP contribution >= 0.6 is 11.8 Å². The average molecular weight is 708 g/mol. The Labute approximate surface area is 288 Å². The van der Waals surface area contributed by atoms with Crippen molar-refractivity contribution in [2.45, 2.75) is 69.3 Å². The monoisotopic (exact) mass is 707 g/mol. The van der Waals surface area contributed by atoms with Crippen LogP contribution in [-0.2, 0) is 9.59 Å². The van der Waals surface area contributed by atoms with E-state index >= 15 is 4.39 Å². The molecule has 15 heteroatoms. The number of fused-ring (bicyclic) bond motifs is 1. The lowest BCUT2D eigenvalue weighted by molar-refractivity contribution is -0.146. The number of para-hydroxylation sites is 1. The highest BCUT2D eigenvalue weighted by Crippen LogP contribution is 2.48. The van der Waals surface area contributed by atoms with Gasteiger partial charge in [0.15, 0.2) is 5.65 Å². The molecule has 3 fully saturated rings. The number of H-pyrrole nitrogens is 1. The number of amides is 2. The Morgan fingerprint density at radius 1 is 1.02 bits per heavy atom. The van der Waals surface area contributed by atoms with Gasteiger partial charge in [0.05, 0.1) is 23.0 Å². The molecule has 3 aliphatic heterocycles. The van der Waals surface area contributed by atoms with Crippen molar-refractivity contribution in [2.75, 3.05) is 57.3 Å². The average Bonchev–Trinajstić information content (AvgIpc) is 3.54. The van der Waals surface area contributed by atoms with Crippen LogP contribution in [-0.4, -0.2) is 105 Å². The number of thioether (sulfide) groups is 1. The molecule has 3 aromatic rings. The first kappa shape index (κ1) is 35.2. The van der Waals surface area contributed by atoms with Crippen molar-refractivity contribution in [3.05, 3.63) is 58.4 Å². The maximum Gasteiger partial charge on any atom is 0.401 e. The topological polar surface area (TPSA) is 97.8 Å².